The summed E-state index contributed by atoms with van der Waals surface area (Å²) in [6.45, 7) is 0. The Morgan fingerprint density at radius 1 is 0.821 bits per heavy atom. The Morgan fingerprint density at radius 3 is 2.29 bits per heavy atom. The van der Waals surface area contributed by atoms with Gasteiger partial charge in [0, 0.05) is 28.7 Å². The number of hydrogen-bond donors (Lipinski definition) is 0. The van der Waals surface area contributed by atoms with Crippen LogP contribution < -0.4 is 5.63 Å². The van der Waals surface area contributed by atoms with Gasteiger partial charge in [-0.3, -0.25) is 0 Å². The molecule has 28 heavy (non-hydrogen) atoms. The zero-order valence-electron chi connectivity index (χ0n) is 14.8. The Balaban J connectivity index is 1.80. The smallest absolute Gasteiger partial charge is 0.336 e. The number of hydrogen-bond acceptors (Lipinski definition) is 4. The molecule has 1 fully saturated rings. The third-order valence-corrected chi connectivity index (χ3v) is 5.74. The van der Waals surface area contributed by atoms with Crippen molar-refractivity contribution in [2.45, 2.75) is 11.8 Å². The van der Waals surface area contributed by atoms with Crippen LogP contribution >= 0.6 is 0 Å². The largest absolute Gasteiger partial charge is 0.422 e. The summed E-state index contributed by atoms with van der Waals surface area (Å²) in [5.41, 5.74) is 0.478. The minimum absolute atomic E-state index is 0.278. The molecule has 2 atom stereocenters. The number of nitrogens with zero attached hydrogens (tertiary/aromatic N) is 2. The molecule has 0 amide bonds. The molecule has 0 bridgehead atoms. The molecular formula is C24H14N2O2. The van der Waals surface area contributed by atoms with Crippen LogP contribution in [0.2, 0.25) is 0 Å². The summed E-state index contributed by atoms with van der Waals surface area (Å²) in [4.78, 5) is 12.4. The molecule has 3 aromatic carbocycles. The van der Waals surface area contributed by atoms with E-state index in [4.69, 9.17) is 4.42 Å². The van der Waals surface area contributed by atoms with E-state index < -0.39 is 11.0 Å². The fourth-order valence-electron chi connectivity index (χ4n) is 4.40. The van der Waals surface area contributed by atoms with Crippen molar-refractivity contribution in [2.75, 3.05) is 0 Å². The summed E-state index contributed by atoms with van der Waals surface area (Å²) in [6.07, 6.45) is 0. The highest BCUT2D eigenvalue weighted by atomic mass is 16.4. The second-order valence-corrected chi connectivity index (χ2v) is 7.14. The van der Waals surface area contributed by atoms with E-state index in [1.807, 2.05) is 66.7 Å². The predicted octanol–water partition coefficient (Wildman–Crippen LogP) is 4.86. The van der Waals surface area contributed by atoms with E-state index in [0.29, 0.717) is 11.1 Å². The number of benzene rings is 3. The predicted molar refractivity (Wildman–Crippen MR) is 106 cm³/mol. The minimum Gasteiger partial charge on any atom is -0.422 e. The van der Waals surface area contributed by atoms with Crippen LogP contribution in [0.15, 0.2) is 82.0 Å². The second kappa shape index (κ2) is 5.81. The molecule has 4 heteroatoms. The number of fused-ring (bicyclic) bond motifs is 3. The van der Waals surface area contributed by atoms with Gasteiger partial charge in [-0.05, 0) is 16.5 Å². The van der Waals surface area contributed by atoms with E-state index in [1.165, 1.54) is 6.07 Å². The fraction of sp³-hybridized carbons (Fsp3) is 0.125. The average Bonchev–Trinajstić information content (AvgIpc) is 3.43. The summed E-state index contributed by atoms with van der Waals surface area (Å²) in [7, 11) is 0. The van der Waals surface area contributed by atoms with Crippen LogP contribution in [0, 0.1) is 28.1 Å². The lowest BCUT2D eigenvalue weighted by molar-refractivity contribution is 0.561. The molecule has 0 aliphatic heterocycles. The van der Waals surface area contributed by atoms with Crippen molar-refractivity contribution in [3.63, 3.8) is 0 Å². The van der Waals surface area contributed by atoms with Crippen LogP contribution in [0.5, 0.6) is 0 Å². The lowest BCUT2D eigenvalue weighted by atomic mass is 9.97. The van der Waals surface area contributed by atoms with Crippen LogP contribution in [0.25, 0.3) is 21.7 Å². The first kappa shape index (κ1) is 16.3. The van der Waals surface area contributed by atoms with Crippen molar-refractivity contribution in [2.24, 2.45) is 5.41 Å². The molecule has 2 unspecified atom stereocenters. The van der Waals surface area contributed by atoms with E-state index in [2.05, 4.69) is 12.1 Å². The zero-order chi connectivity index (χ0) is 19.3. The van der Waals surface area contributed by atoms with Crippen molar-refractivity contribution in [1.82, 2.24) is 0 Å². The van der Waals surface area contributed by atoms with Gasteiger partial charge in [0.25, 0.3) is 0 Å². The Morgan fingerprint density at radius 2 is 1.54 bits per heavy atom. The highest BCUT2D eigenvalue weighted by molar-refractivity contribution is 6.05. The van der Waals surface area contributed by atoms with Crippen LogP contribution in [-0.2, 0) is 0 Å². The van der Waals surface area contributed by atoms with Gasteiger partial charge in [0.15, 0.2) is 5.41 Å². The first-order valence-electron chi connectivity index (χ1n) is 9.02. The van der Waals surface area contributed by atoms with Gasteiger partial charge in [-0.15, -0.1) is 0 Å². The number of rotatable bonds is 2. The van der Waals surface area contributed by atoms with Crippen LogP contribution in [0.3, 0.4) is 0 Å². The van der Waals surface area contributed by atoms with Gasteiger partial charge in [-0.2, -0.15) is 10.5 Å². The van der Waals surface area contributed by atoms with Crippen LogP contribution in [-0.4, -0.2) is 0 Å². The highest BCUT2D eigenvalue weighted by Gasteiger charge is 2.68. The molecule has 4 nitrogen and oxygen atoms in total. The summed E-state index contributed by atoms with van der Waals surface area (Å²) >= 11 is 0. The van der Waals surface area contributed by atoms with Gasteiger partial charge in [0.2, 0.25) is 0 Å². The molecule has 132 valence electrons. The molecular weight excluding hydrogens is 348 g/mol. The lowest BCUT2D eigenvalue weighted by Gasteiger charge is -2.08. The SMILES string of the molecule is N#CC1(C#N)C(c2ccccc2)C1c1cc(=O)oc2c1ccc1ccccc12. The first-order chi connectivity index (χ1) is 13.7. The van der Waals surface area contributed by atoms with Gasteiger partial charge in [0.05, 0.1) is 12.1 Å². The van der Waals surface area contributed by atoms with Crippen LogP contribution in [0.1, 0.15) is 23.0 Å². The van der Waals surface area contributed by atoms with Gasteiger partial charge in [0.1, 0.15) is 5.58 Å². The summed E-state index contributed by atoms with van der Waals surface area (Å²) in [6, 6.07) is 27.0. The molecule has 1 heterocycles. The summed E-state index contributed by atoms with van der Waals surface area (Å²) in [5.74, 6) is -0.655. The normalized spacial score (nSPS) is 19.8. The average molecular weight is 362 g/mol. The monoisotopic (exact) mass is 362 g/mol. The van der Waals surface area contributed by atoms with Gasteiger partial charge < -0.3 is 4.42 Å². The van der Waals surface area contributed by atoms with Crippen molar-refractivity contribution >= 4 is 21.7 Å². The van der Waals surface area contributed by atoms with E-state index in [9.17, 15) is 15.3 Å². The van der Waals surface area contributed by atoms with E-state index in [1.54, 1.807) is 0 Å². The van der Waals surface area contributed by atoms with Crippen molar-refractivity contribution in [3.05, 3.63) is 94.3 Å². The van der Waals surface area contributed by atoms with E-state index in [-0.39, 0.29) is 11.8 Å². The zero-order valence-corrected chi connectivity index (χ0v) is 14.8. The Bertz CT molecular complexity index is 1360. The van der Waals surface area contributed by atoms with E-state index >= 15 is 0 Å². The molecule has 0 radical (unpaired) electrons. The topological polar surface area (TPSA) is 77.8 Å². The maximum atomic E-state index is 12.4. The summed E-state index contributed by atoms with van der Waals surface area (Å²) < 4.78 is 5.55. The molecule has 5 rings (SSSR count). The lowest BCUT2D eigenvalue weighted by Crippen LogP contribution is -2.03. The quantitative estimate of drug-likeness (QED) is 0.377. The molecule has 0 saturated heterocycles. The summed E-state index contributed by atoms with van der Waals surface area (Å²) in [5, 5.41) is 22.3. The Labute approximate surface area is 160 Å². The van der Waals surface area contributed by atoms with Crippen LogP contribution in [0.4, 0.5) is 0 Å². The maximum absolute atomic E-state index is 12.4. The molecule has 0 spiro atoms. The van der Waals surface area contributed by atoms with Crippen molar-refractivity contribution < 1.29 is 4.42 Å². The number of nitriles is 2. The van der Waals surface area contributed by atoms with Gasteiger partial charge >= 0.3 is 5.63 Å². The second-order valence-electron chi connectivity index (χ2n) is 7.14. The van der Waals surface area contributed by atoms with E-state index in [0.717, 1.165) is 21.7 Å². The van der Waals surface area contributed by atoms with Crippen molar-refractivity contribution in [3.8, 4) is 12.1 Å². The molecule has 4 aromatic rings. The molecule has 0 N–H and O–H groups in total. The third-order valence-electron chi connectivity index (χ3n) is 5.74. The Hall–Kier alpha value is -3.89. The minimum atomic E-state index is -1.19. The van der Waals surface area contributed by atoms with Gasteiger partial charge in [-0.1, -0.05) is 66.7 Å². The van der Waals surface area contributed by atoms with Crippen molar-refractivity contribution in [1.29, 1.82) is 10.5 Å². The first-order valence-corrected chi connectivity index (χ1v) is 9.02. The molecule has 1 aliphatic rings. The van der Waals surface area contributed by atoms with Gasteiger partial charge in [-0.25, -0.2) is 4.79 Å². The molecule has 1 saturated carbocycles. The maximum Gasteiger partial charge on any atom is 0.336 e. The highest BCUT2D eigenvalue weighted by Crippen LogP contribution is 2.70. The third kappa shape index (κ3) is 2.12. The standard InChI is InChI=1S/C24H14N2O2/c25-13-24(14-26)21(16-7-2-1-3-8-16)22(24)19-12-20(27)28-23-17-9-5-4-6-15(17)10-11-18(19)23/h1-12,21-22H. The molecule has 1 aliphatic carbocycles. The Kier molecular flexibility index (Phi) is 3.38. The fourth-order valence-corrected chi connectivity index (χ4v) is 4.40. The molecule has 1 aromatic heterocycles.